The van der Waals surface area contributed by atoms with Gasteiger partial charge in [-0.1, -0.05) is 185 Å². The third kappa shape index (κ3) is 9.18. The number of aromatic nitrogens is 3. The summed E-state index contributed by atoms with van der Waals surface area (Å²) in [4.78, 5) is 10.4. The van der Waals surface area contributed by atoms with Crippen LogP contribution in [0, 0.1) is 12.9 Å². The molecule has 0 amide bonds. The number of imidazole rings is 1. The minimum Gasteiger partial charge on any atom is -0.507 e. The summed E-state index contributed by atoms with van der Waals surface area (Å²) in [6.45, 7) is 23.1. The summed E-state index contributed by atoms with van der Waals surface area (Å²) in [6.07, 6.45) is 1.54. The molecule has 0 aliphatic rings. The van der Waals surface area contributed by atoms with Gasteiger partial charge in [-0.25, -0.2) is 4.98 Å². The predicted octanol–water partition coefficient (Wildman–Crippen LogP) is 15.8. The van der Waals surface area contributed by atoms with E-state index in [4.69, 9.17) is 19.6 Å². The average molecular weight is 1030 g/mol. The van der Waals surface area contributed by atoms with Crippen LogP contribution in [0.25, 0.3) is 72.7 Å². The Morgan fingerprint density at radius 1 is 0.609 bits per heavy atom. The van der Waals surface area contributed by atoms with Crippen molar-refractivity contribution in [1.82, 2.24) is 14.5 Å². The molecule has 0 spiro atoms. The number of aromatic hydroxyl groups is 1. The van der Waals surface area contributed by atoms with E-state index >= 15 is 0 Å². The maximum absolute atomic E-state index is 12.6. The maximum atomic E-state index is 12.6. The van der Waals surface area contributed by atoms with Crippen LogP contribution in [-0.2, 0) is 42.7 Å². The molecule has 64 heavy (non-hydrogen) atoms. The van der Waals surface area contributed by atoms with Gasteiger partial charge >= 0.3 is 0 Å². The Hall–Kier alpha value is -5.57. The van der Waals surface area contributed by atoms with Crippen molar-refractivity contribution in [3.05, 3.63) is 167 Å². The number of nitrogens with zero attached hydrogens (tertiary/aromatic N) is 3. The number of rotatable bonds is 6. The molecule has 8 rings (SSSR count). The molecule has 6 aromatic carbocycles. The molecule has 0 aliphatic carbocycles. The van der Waals surface area contributed by atoms with Gasteiger partial charge in [0.05, 0.1) is 27.8 Å². The molecule has 5 heteroatoms. The van der Waals surface area contributed by atoms with Crippen molar-refractivity contribution in [2.75, 3.05) is 0 Å². The van der Waals surface area contributed by atoms with Crippen LogP contribution in [0.3, 0.4) is 0 Å². The SMILES string of the molecule is [2H]c1c([2H])c(-c2ccnc(-c3[c-]c(-c4cccc5c4nc(-c4cc(C(C)(C)C)cc(C(C)(C)C)c4O)n5-c4ccc(C(C)(C)C)cc4-c4ccccc4)cc(C(C)(C)C)c3)c2)c([2H])c(C([2H])([2H])[2H])c1[2H].[Pt]. The quantitative estimate of drug-likeness (QED) is 0.169. The molecular weight excluding hydrogens is 962 g/mol. The molecule has 8 aromatic rings. The van der Waals surface area contributed by atoms with Gasteiger partial charge in [-0.3, -0.25) is 9.55 Å². The van der Waals surface area contributed by atoms with E-state index in [-0.39, 0.29) is 48.6 Å². The summed E-state index contributed by atoms with van der Waals surface area (Å²) in [5, 5.41) is 12.6. The van der Waals surface area contributed by atoms with Crippen LogP contribution in [0.4, 0.5) is 0 Å². The summed E-state index contributed by atoms with van der Waals surface area (Å²) in [7, 11) is 0. The Morgan fingerprint density at radius 2 is 1.28 bits per heavy atom. The zero-order valence-electron chi connectivity index (χ0n) is 46.0. The first-order valence-corrected chi connectivity index (χ1v) is 21.7. The molecule has 0 fully saturated rings. The van der Waals surface area contributed by atoms with Crippen LogP contribution < -0.4 is 0 Å². The third-order valence-electron chi connectivity index (χ3n) is 11.9. The first-order chi connectivity index (χ1) is 32.5. The first-order valence-electron chi connectivity index (χ1n) is 25.2. The molecule has 4 nitrogen and oxygen atoms in total. The molecule has 0 unspecified atom stereocenters. The van der Waals surface area contributed by atoms with E-state index in [0.717, 1.165) is 50.1 Å². The van der Waals surface area contributed by atoms with Gasteiger partial charge in [-0.15, -0.1) is 29.3 Å². The topological polar surface area (TPSA) is 50.9 Å². The van der Waals surface area contributed by atoms with Crippen molar-refractivity contribution in [3.63, 3.8) is 0 Å². The van der Waals surface area contributed by atoms with Gasteiger partial charge in [0, 0.05) is 48.2 Å². The number of phenols is 1. The standard InChI is InChI=1S/C59H62N3O.Pt/c1-37-19-17-22-39(29-37)40-27-28-60-50(33-40)42-30-41(31-44(32-42)57(5,6)7)46-23-18-24-52-53(46)61-55(48-35-45(58(8,9)10)36-49(54(48)63)59(11,12)13)62(52)51-26-25-43(56(2,3)4)34-47(51)38-20-15-14-16-21-38;/h14-29,31-36,63H,1-13H3;/q-1;/i1D3,17D,19D,22D,29D;. The minimum absolute atomic E-state index is 0. The predicted molar refractivity (Wildman–Crippen MR) is 266 cm³/mol. The summed E-state index contributed by atoms with van der Waals surface area (Å²) in [5.74, 6) is 0.758. The third-order valence-corrected chi connectivity index (χ3v) is 11.9. The molecule has 0 radical (unpaired) electrons. The zero-order valence-corrected chi connectivity index (χ0v) is 41.3. The Morgan fingerprint density at radius 3 is 1.95 bits per heavy atom. The minimum atomic E-state index is -2.83. The number of benzene rings is 6. The summed E-state index contributed by atoms with van der Waals surface area (Å²) in [5.41, 5.74) is 10.3. The Bertz CT molecular complexity index is 3350. The van der Waals surface area contributed by atoms with Crippen molar-refractivity contribution in [2.24, 2.45) is 0 Å². The number of hydrogen-bond donors (Lipinski definition) is 1. The monoisotopic (exact) mass is 1030 g/mol. The van der Waals surface area contributed by atoms with Gasteiger partial charge in [0.25, 0.3) is 0 Å². The number of hydrogen-bond acceptors (Lipinski definition) is 3. The van der Waals surface area contributed by atoms with Gasteiger partial charge in [0.2, 0.25) is 0 Å². The smallest absolute Gasteiger partial charge is 0.148 e. The second kappa shape index (κ2) is 17.1. The molecule has 0 atom stereocenters. The van der Waals surface area contributed by atoms with E-state index in [1.807, 2.05) is 36.4 Å². The van der Waals surface area contributed by atoms with E-state index in [1.54, 1.807) is 18.3 Å². The zero-order chi connectivity index (χ0) is 51.2. The fraction of sp³-hybridized carbons (Fsp3) is 0.288. The Kier molecular flexibility index (Phi) is 10.1. The molecule has 1 N–H and O–H groups in total. The summed E-state index contributed by atoms with van der Waals surface area (Å²) < 4.78 is 61.1. The van der Waals surface area contributed by atoms with Gasteiger partial charge in [0.15, 0.2) is 0 Å². The Labute approximate surface area is 406 Å². The van der Waals surface area contributed by atoms with E-state index < -0.39 is 42.0 Å². The fourth-order valence-electron chi connectivity index (χ4n) is 8.10. The number of fused-ring (bicyclic) bond motifs is 1. The van der Waals surface area contributed by atoms with Crippen LogP contribution in [-0.4, -0.2) is 19.6 Å². The molecule has 0 aliphatic heterocycles. The van der Waals surface area contributed by atoms with Crippen molar-refractivity contribution >= 4 is 11.0 Å². The Balaban J connectivity index is 0.00000741. The van der Waals surface area contributed by atoms with Gasteiger partial charge in [-0.2, -0.15) is 0 Å². The van der Waals surface area contributed by atoms with E-state index in [0.29, 0.717) is 33.7 Å². The van der Waals surface area contributed by atoms with Crippen LogP contribution >= 0.6 is 0 Å². The maximum Gasteiger partial charge on any atom is 0.148 e. The largest absolute Gasteiger partial charge is 0.507 e. The molecule has 0 bridgehead atoms. The number of para-hydroxylation sites is 1. The van der Waals surface area contributed by atoms with Crippen molar-refractivity contribution in [1.29, 1.82) is 0 Å². The molecule has 0 saturated heterocycles. The average Bonchev–Trinajstić information content (AvgIpc) is 3.66. The molecule has 330 valence electrons. The van der Waals surface area contributed by atoms with Crippen LogP contribution in [0.5, 0.6) is 5.75 Å². The molecule has 2 heterocycles. The van der Waals surface area contributed by atoms with Gasteiger partial charge < -0.3 is 5.11 Å². The number of phenolic OH excluding ortho intramolecular Hbond substituents is 1. The van der Waals surface area contributed by atoms with Crippen molar-refractivity contribution in [3.8, 4) is 67.5 Å². The van der Waals surface area contributed by atoms with Gasteiger partial charge in [0.1, 0.15) is 11.6 Å². The van der Waals surface area contributed by atoms with Crippen LogP contribution in [0.2, 0.25) is 0 Å². The molecular formula is C59H62N3OPt-. The first kappa shape index (κ1) is 37.8. The summed E-state index contributed by atoms with van der Waals surface area (Å²) in [6, 6.07) is 36.4. The number of pyridine rings is 1. The van der Waals surface area contributed by atoms with E-state index in [2.05, 4.69) is 148 Å². The van der Waals surface area contributed by atoms with Crippen molar-refractivity contribution in [2.45, 2.75) is 112 Å². The van der Waals surface area contributed by atoms with Crippen molar-refractivity contribution < 1.29 is 35.8 Å². The summed E-state index contributed by atoms with van der Waals surface area (Å²) >= 11 is 0. The van der Waals surface area contributed by atoms with Crippen LogP contribution in [0.15, 0.2) is 133 Å². The van der Waals surface area contributed by atoms with E-state index in [1.165, 1.54) is 5.56 Å². The second-order valence-corrected chi connectivity index (χ2v) is 20.8. The molecule has 2 aromatic heterocycles. The fourth-order valence-corrected chi connectivity index (χ4v) is 8.10. The normalized spacial score (nSPS) is 14.2. The van der Waals surface area contributed by atoms with E-state index in [9.17, 15) is 5.11 Å². The van der Waals surface area contributed by atoms with Crippen LogP contribution in [0.1, 0.15) is 120 Å². The second-order valence-electron chi connectivity index (χ2n) is 20.8. The van der Waals surface area contributed by atoms with Gasteiger partial charge in [-0.05, 0) is 86.7 Å². The molecule has 0 saturated carbocycles.